The largest absolute Gasteiger partial charge is 0.467 e. The third-order valence-corrected chi connectivity index (χ3v) is 6.25. The average molecular weight is 474 g/mol. The number of carbonyl (C=O) groups excluding carboxylic acids is 1. The first kappa shape index (κ1) is 24.8. The fourth-order valence-corrected chi connectivity index (χ4v) is 4.38. The van der Waals surface area contributed by atoms with Crippen LogP contribution in [0.5, 0.6) is 0 Å². The van der Waals surface area contributed by atoms with Crippen LogP contribution >= 0.6 is 11.8 Å². The second-order valence-electron chi connectivity index (χ2n) is 7.90. The molecular formula is C23H31N5O4S. The van der Waals surface area contributed by atoms with Crippen molar-refractivity contribution in [2.45, 2.75) is 70.5 Å². The van der Waals surface area contributed by atoms with Crippen molar-refractivity contribution in [3.8, 4) is 0 Å². The topological polar surface area (TPSA) is 112 Å². The first-order valence-corrected chi connectivity index (χ1v) is 12.4. The van der Waals surface area contributed by atoms with E-state index in [0.29, 0.717) is 35.2 Å². The molecule has 0 spiro atoms. The number of hydrogen-bond donors (Lipinski definition) is 1. The van der Waals surface area contributed by atoms with Gasteiger partial charge in [-0.2, -0.15) is 0 Å². The van der Waals surface area contributed by atoms with E-state index in [2.05, 4.69) is 22.2 Å². The van der Waals surface area contributed by atoms with Gasteiger partial charge in [0.25, 0.3) is 5.56 Å². The molecule has 3 rings (SSSR count). The fraction of sp³-hybridized carbons (Fsp3) is 0.522. The highest BCUT2D eigenvalue weighted by Crippen LogP contribution is 2.23. The first-order valence-electron chi connectivity index (χ1n) is 11.4. The van der Waals surface area contributed by atoms with Crippen LogP contribution in [-0.2, 0) is 31.4 Å². The van der Waals surface area contributed by atoms with Crippen molar-refractivity contribution >= 4 is 28.7 Å². The molecule has 0 fully saturated rings. The van der Waals surface area contributed by atoms with Gasteiger partial charge in [0, 0.05) is 20.0 Å². The summed E-state index contributed by atoms with van der Waals surface area (Å²) in [6, 6.07) is 3.55. The maximum atomic E-state index is 13.0. The molecule has 0 aliphatic carbocycles. The lowest BCUT2D eigenvalue weighted by Gasteiger charge is -2.14. The normalized spacial score (nSPS) is 11.2. The second-order valence-corrected chi connectivity index (χ2v) is 8.86. The molecule has 178 valence electrons. The van der Waals surface area contributed by atoms with Gasteiger partial charge in [-0.15, -0.1) is 0 Å². The van der Waals surface area contributed by atoms with Crippen molar-refractivity contribution in [2.24, 2.45) is 7.05 Å². The quantitative estimate of drug-likeness (QED) is 0.244. The maximum absolute atomic E-state index is 13.0. The summed E-state index contributed by atoms with van der Waals surface area (Å²) in [4.78, 5) is 47.4. The monoisotopic (exact) mass is 473 g/mol. The standard InChI is InChI=1S/C23H31N5O4S/c1-4-6-7-8-11-17-25-20-19(22(30)27(3)23(31)28(20)12-5-2)21(26-17)33-15-18(29)24-14-16-10-9-13-32-16/h9-10,13H,4-8,11-12,14-15H2,1-3H3,(H,24,29). The molecule has 0 unspecified atom stereocenters. The average Bonchev–Trinajstić information content (AvgIpc) is 3.34. The van der Waals surface area contributed by atoms with Crippen molar-refractivity contribution < 1.29 is 9.21 Å². The zero-order valence-corrected chi connectivity index (χ0v) is 20.2. The van der Waals surface area contributed by atoms with Crippen LogP contribution in [0.4, 0.5) is 0 Å². The molecule has 3 aromatic rings. The molecule has 0 aliphatic heterocycles. The zero-order chi connectivity index (χ0) is 23.8. The van der Waals surface area contributed by atoms with E-state index in [1.165, 1.54) is 23.4 Å². The van der Waals surface area contributed by atoms with E-state index < -0.39 is 11.2 Å². The smallest absolute Gasteiger partial charge is 0.332 e. The number of rotatable bonds is 12. The molecule has 1 N–H and O–H groups in total. The summed E-state index contributed by atoms with van der Waals surface area (Å²) in [6.45, 7) is 4.85. The van der Waals surface area contributed by atoms with Crippen molar-refractivity contribution in [1.29, 1.82) is 0 Å². The Morgan fingerprint density at radius 1 is 1.15 bits per heavy atom. The SMILES string of the molecule is CCCCCCc1nc(SCC(=O)NCc2ccco2)c2c(=O)n(C)c(=O)n(CCC)c2n1. The highest BCUT2D eigenvalue weighted by Gasteiger charge is 2.19. The second kappa shape index (κ2) is 11.8. The van der Waals surface area contributed by atoms with Crippen LogP contribution in [-0.4, -0.2) is 30.8 Å². The van der Waals surface area contributed by atoms with Gasteiger partial charge in [0.2, 0.25) is 5.91 Å². The van der Waals surface area contributed by atoms with Gasteiger partial charge in [0.15, 0.2) is 5.65 Å². The van der Waals surface area contributed by atoms with Crippen molar-refractivity contribution in [2.75, 3.05) is 5.75 Å². The third kappa shape index (κ3) is 6.13. The van der Waals surface area contributed by atoms with Gasteiger partial charge in [-0.3, -0.25) is 18.7 Å². The number of carbonyl (C=O) groups is 1. The predicted molar refractivity (Wildman–Crippen MR) is 128 cm³/mol. The molecule has 1 amide bonds. The van der Waals surface area contributed by atoms with E-state index in [4.69, 9.17) is 4.42 Å². The summed E-state index contributed by atoms with van der Waals surface area (Å²) in [6.07, 6.45) is 7.18. The van der Waals surface area contributed by atoms with Crippen LogP contribution in [0.15, 0.2) is 37.4 Å². The number of aryl methyl sites for hydroxylation is 2. The van der Waals surface area contributed by atoms with Gasteiger partial charge in [0.05, 0.1) is 18.6 Å². The Balaban J connectivity index is 1.93. The molecule has 0 bridgehead atoms. The van der Waals surface area contributed by atoms with Gasteiger partial charge in [0.1, 0.15) is 22.0 Å². The van der Waals surface area contributed by atoms with Crippen LogP contribution in [0.1, 0.15) is 57.5 Å². The van der Waals surface area contributed by atoms with E-state index >= 15 is 0 Å². The lowest BCUT2D eigenvalue weighted by atomic mass is 10.1. The van der Waals surface area contributed by atoms with Crippen LogP contribution in [0, 0.1) is 0 Å². The summed E-state index contributed by atoms with van der Waals surface area (Å²) in [5.41, 5.74) is -0.487. The van der Waals surface area contributed by atoms with Gasteiger partial charge in [-0.05, 0) is 25.0 Å². The van der Waals surface area contributed by atoms with Gasteiger partial charge < -0.3 is 9.73 Å². The summed E-state index contributed by atoms with van der Waals surface area (Å²) in [5.74, 6) is 1.13. The highest BCUT2D eigenvalue weighted by molar-refractivity contribution is 8.00. The number of fused-ring (bicyclic) bond motifs is 1. The number of hydrogen-bond acceptors (Lipinski definition) is 7. The van der Waals surface area contributed by atoms with E-state index in [1.54, 1.807) is 18.4 Å². The Labute approximate surface area is 196 Å². The number of unbranched alkanes of at least 4 members (excludes halogenated alkanes) is 3. The zero-order valence-electron chi connectivity index (χ0n) is 19.4. The van der Waals surface area contributed by atoms with Crippen LogP contribution in [0.2, 0.25) is 0 Å². The van der Waals surface area contributed by atoms with Gasteiger partial charge >= 0.3 is 5.69 Å². The molecule has 0 saturated carbocycles. The molecule has 0 atom stereocenters. The molecule has 10 heteroatoms. The molecule has 0 saturated heterocycles. The summed E-state index contributed by atoms with van der Waals surface area (Å²) in [7, 11) is 1.46. The number of amides is 1. The van der Waals surface area contributed by atoms with Gasteiger partial charge in [-0.25, -0.2) is 14.8 Å². The van der Waals surface area contributed by atoms with Crippen LogP contribution in [0.25, 0.3) is 11.0 Å². The number of thioether (sulfide) groups is 1. The lowest BCUT2D eigenvalue weighted by molar-refractivity contribution is -0.118. The Bertz CT molecular complexity index is 1200. The van der Waals surface area contributed by atoms with Crippen molar-refractivity contribution in [3.63, 3.8) is 0 Å². The van der Waals surface area contributed by atoms with Crippen LogP contribution in [0.3, 0.4) is 0 Å². The Hall–Kier alpha value is -2.88. The summed E-state index contributed by atoms with van der Waals surface area (Å²) < 4.78 is 7.86. The van der Waals surface area contributed by atoms with Crippen molar-refractivity contribution in [1.82, 2.24) is 24.4 Å². The number of nitrogens with zero attached hydrogens (tertiary/aromatic N) is 4. The summed E-state index contributed by atoms with van der Waals surface area (Å²) in [5, 5.41) is 3.52. The van der Waals surface area contributed by atoms with E-state index in [-0.39, 0.29) is 23.6 Å². The van der Waals surface area contributed by atoms with Crippen LogP contribution < -0.4 is 16.6 Å². The maximum Gasteiger partial charge on any atom is 0.332 e. The highest BCUT2D eigenvalue weighted by atomic mass is 32.2. The van der Waals surface area contributed by atoms with Gasteiger partial charge in [-0.1, -0.05) is 44.9 Å². The molecule has 3 aromatic heterocycles. The molecule has 0 radical (unpaired) electrons. The first-order chi connectivity index (χ1) is 16.0. The van der Waals surface area contributed by atoms with E-state index in [0.717, 1.165) is 36.7 Å². The molecule has 33 heavy (non-hydrogen) atoms. The molecule has 3 heterocycles. The van der Waals surface area contributed by atoms with E-state index in [1.807, 2.05) is 6.92 Å². The Morgan fingerprint density at radius 3 is 2.67 bits per heavy atom. The Morgan fingerprint density at radius 2 is 1.97 bits per heavy atom. The molecule has 0 aromatic carbocycles. The van der Waals surface area contributed by atoms with Crippen molar-refractivity contribution in [3.05, 3.63) is 50.8 Å². The summed E-state index contributed by atoms with van der Waals surface area (Å²) >= 11 is 1.19. The molecule has 9 nitrogen and oxygen atoms in total. The third-order valence-electron chi connectivity index (χ3n) is 5.28. The lowest BCUT2D eigenvalue weighted by Crippen LogP contribution is -2.39. The fourth-order valence-electron chi connectivity index (χ4n) is 3.52. The number of furan rings is 1. The predicted octanol–water partition coefficient (Wildman–Crippen LogP) is 3.02. The Kier molecular flexibility index (Phi) is 8.87. The molecular weight excluding hydrogens is 442 g/mol. The number of aromatic nitrogens is 4. The van der Waals surface area contributed by atoms with E-state index in [9.17, 15) is 14.4 Å². The number of nitrogens with one attached hydrogen (secondary N) is 1. The minimum atomic E-state index is -0.446. The minimum Gasteiger partial charge on any atom is -0.467 e. The molecule has 0 aliphatic rings. The minimum absolute atomic E-state index is 0.0815.